The van der Waals surface area contributed by atoms with Gasteiger partial charge in [0.1, 0.15) is 5.82 Å². The fourth-order valence-corrected chi connectivity index (χ4v) is 4.74. The summed E-state index contributed by atoms with van der Waals surface area (Å²) in [6.45, 7) is 9.50. The lowest BCUT2D eigenvalue weighted by atomic mass is 10.00. The Labute approximate surface area is 227 Å². The van der Waals surface area contributed by atoms with Crippen LogP contribution in [0.25, 0.3) is 16.8 Å². The molecule has 0 saturated carbocycles. The molecule has 0 spiro atoms. The maximum Gasteiger partial charge on any atom is 0.321 e. The molecule has 10 nitrogen and oxygen atoms in total. The van der Waals surface area contributed by atoms with E-state index in [1.54, 1.807) is 34.3 Å². The van der Waals surface area contributed by atoms with Crippen LogP contribution in [0.4, 0.5) is 22.0 Å². The molecule has 0 bridgehead atoms. The lowest BCUT2D eigenvalue weighted by Crippen LogP contribution is -2.40. The fourth-order valence-electron chi connectivity index (χ4n) is 4.74. The number of nitrogens with zero attached hydrogens (tertiary/aromatic N) is 5. The molecule has 3 amide bonds. The van der Waals surface area contributed by atoms with Crippen LogP contribution in [0.2, 0.25) is 0 Å². The van der Waals surface area contributed by atoms with Gasteiger partial charge in [-0.3, -0.25) is 4.79 Å². The predicted molar refractivity (Wildman–Crippen MR) is 152 cm³/mol. The van der Waals surface area contributed by atoms with Crippen molar-refractivity contribution in [3.05, 3.63) is 72.3 Å². The van der Waals surface area contributed by atoms with Gasteiger partial charge in [0.25, 0.3) is 5.91 Å². The highest BCUT2D eigenvalue weighted by Crippen LogP contribution is 2.32. The number of rotatable bonds is 7. The van der Waals surface area contributed by atoms with Crippen LogP contribution in [0, 0.1) is 6.92 Å². The lowest BCUT2D eigenvalue weighted by Gasteiger charge is -2.26. The minimum Gasteiger partial charge on any atom is -0.378 e. The Hall–Kier alpha value is -4.44. The number of anilines is 3. The van der Waals surface area contributed by atoms with Crippen molar-refractivity contribution in [2.24, 2.45) is 0 Å². The van der Waals surface area contributed by atoms with Crippen LogP contribution in [0.1, 0.15) is 29.8 Å². The number of imidazole rings is 1. The zero-order valence-electron chi connectivity index (χ0n) is 22.5. The minimum atomic E-state index is -0.116. The van der Waals surface area contributed by atoms with E-state index in [-0.39, 0.29) is 11.9 Å². The van der Waals surface area contributed by atoms with Crippen molar-refractivity contribution in [2.75, 3.05) is 50.0 Å². The summed E-state index contributed by atoms with van der Waals surface area (Å²) in [5, 5.41) is 6.42. The molecule has 1 fully saturated rings. The quantitative estimate of drug-likeness (QED) is 0.358. The third-order valence-electron chi connectivity index (χ3n) is 7.00. The van der Waals surface area contributed by atoms with Gasteiger partial charge in [0.05, 0.1) is 24.5 Å². The molecule has 202 valence electrons. The van der Waals surface area contributed by atoms with E-state index in [1.165, 1.54) is 0 Å². The number of nitrogens with one attached hydrogen (secondary N) is 2. The maximum atomic E-state index is 12.8. The van der Waals surface area contributed by atoms with E-state index in [2.05, 4.69) is 20.6 Å². The van der Waals surface area contributed by atoms with Gasteiger partial charge in [0, 0.05) is 62.2 Å². The Morgan fingerprint density at radius 3 is 2.56 bits per heavy atom. The van der Waals surface area contributed by atoms with Gasteiger partial charge in [-0.25, -0.2) is 14.8 Å². The lowest BCUT2D eigenvalue weighted by molar-refractivity contribution is 0.0302. The van der Waals surface area contributed by atoms with Crippen molar-refractivity contribution in [3.63, 3.8) is 0 Å². The van der Waals surface area contributed by atoms with E-state index in [1.807, 2.05) is 61.8 Å². The first-order valence-electron chi connectivity index (χ1n) is 13.2. The van der Waals surface area contributed by atoms with Crippen molar-refractivity contribution >= 4 is 34.8 Å². The number of morpholine rings is 1. The number of aromatic nitrogens is 3. The second-order valence-corrected chi connectivity index (χ2v) is 9.34. The molecule has 1 aliphatic rings. The Kier molecular flexibility index (Phi) is 7.74. The molecule has 1 saturated heterocycles. The molecule has 39 heavy (non-hydrogen) atoms. The number of urea groups is 1. The molecule has 1 aromatic carbocycles. The normalized spacial score (nSPS) is 13.4. The van der Waals surface area contributed by atoms with Crippen LogP contribution in [-0.2, 0) is 4.74 Å². The largest absolute Gasteiger partial charge is 0.378 e. The van der Waals surface area contributed by atoms with E-state index < -0.39 is 0 Å². The van der Waals surface area contributed by atoms with Gasteiger partial charge < -0.3 is 29.6 Å². The monoisotopic (exact) mass is 527 g/mol. The average molecular weight is 528 g/mol. The second kappa shape index (κ2) is 11.5. The van der Waals surface area contributed by atoms with Gasteiger partial charge in [-0.2, -0.15) is 0 Å². The molecule has 5 rings (SSSR count). The standard InChI is InChI=1S/C29H33N7O3/c1-4-34(5-2)29(38)33-24-8-6-7-23(20(24)3)22-17-25(27-30-11-12-36(27)19-22)32-26-10-9-21(18-31-26)28(37)35-13-15-39-16-14-35/h6-12,17-19H,4-5,13-16H2,1-3H3,(H,31,32)(H,33,38). The SMILES string of the molecule is CCN(CC)C(=O)Nc1cccc(-c2cc(Nc3ccc(C(=O)N4CCOCC4)cn3)c3nccn3c2)c1C. The molecule has 3 aromatic heterocycles. The minimum absolute atomic E-state index is 0.0431. The molecular weight excluding hydrogens is 494 g/mol. The van der Waals surface area contributed by atoms with Gasteiger partial charge in [0.2, 0.25) is 0 Å². The first-order chi connectivity index (χ1) is 19.0. The smallest absolute Gasteiger partial charge is 0.321 e. The third kappa shape index (κ3) is 5.56. The van der Waals surface area contributed by atoms with E-state index in [0.29, 0.717) is 50.8 Å². The molecule has 0 unspecified atom stereocenters. The highest BCUT2D eigenvalue weighted by Gasteiger charge is 2.19. The number of amides is 3. The maximum absolute atomic E-state index is 12.8. The van der Waals surface area contributed by atoms with Crippen LogP contribution in [0.15, 0.2) is 61.2 Å². The van der Waals surface area contributed by atoms with E-state index in [4.69, 9.17) is 4.74 Å². The first-order valence-corrected chi connectivity index (χ1v) is 13.2. The molecular formula is C29H33N7O3. The molecule has 10 heteroatoms. The number of carbonyl (C=O) groups is 2. The number of pyridine rings is 2. The van der Waals surface area contributed by atoms with Crippen LogP contribution >= 0.6 is 0 Å². The summed E-state index contributed by atoms with van der Waals surface area (Å²) in [7, 11) is 0. The number of hydrogen-bond donors (Lipinski definition) is 2. The van der Waals surface area contributed by atoms with Crippen LogP contribution in [0.5, 0.6) is 0 Å². The third-order valence-corrected chi connectivity index (χ3v) is 7.00. The average Bonchev–Trinajstić information content (AvgIpc) is 3.45. The Balaban J connectivity index is 1.41. The van der Waals surface area contributed by atoms with Gasteiger partial charge in [-0.1, -0.05) is 12.1 Å². The molecule has 0 aliphatic carbocycles. The topological polar surface area (TPSA) is 104 Å². The summed E-state index contributed by atoms with van der Waals surface area (Å²) in [5.74, 6) is 0.561. The summed E-state index contributed by atoms with van der Waals surface area (Å²) >= 11 is 0. The first kappa shape index (κ1) is 26.2. The highest BCUT2D eigenvalue weighted by molar-refractivity contribution is 5.94. The Morgan fingerprint density at radius 1 is 1.05 bits per heavy atom. The van der Waals surface area contributed by atoms with E-state index in [9.17, 15) is 9.59 Å². The molecule has 4 heterocycles. The van der Waals surface area contributed by atoms with Crippen molar-refractivity contribution in [1.29, 1.82) is 0 Å². The van der Waals surface area contributed by atoms with Crippen LogP contribution in [0.3, 0.4) is 0 Å². The Bertz CT molecular complexity index is 1470. The molecule has 1 aliphatic heterocycles. The van der Waals surface area contributed by atoms with Gasteiger partial charge in [-0.15, -0.1) is 0 Å². The predicted octanol–water partition coefficient (Wildman–Crippen LogP) is 4.79. The van der Waals surface area contributed by atoms with Crippen molar-refractivity contribution in [1.82, 2.24) is 24.2 Å². The molecule has 2 N–H and O–H groups in total. The number of hydrogen-bond acceptors (Lipinski definition) is 6. The Morgan fingerprint density at radius 2 is 1.85 bits per heavy atom. The van der Waals surface area contributed by atoms with Gasteiger partial charge in [-0.05, 0) is 56.2 Å². The number of fused-ring (bicyclic) bond motifs is 1. The molecule has 4 aromatic rings. The zero-order chi connectivity index (χ0) is 27.4. The summed E-state index contributed by atoms with van der Waals surface area (Å²) in [6.07, 6.45) is 7.25. The highest BCUT2D eigenvalue weighted by atomic mass is 16.5. The summed E-state index contributed by atoms with van der Waals surface area (Å²) < 4.78 is 7.30. The van der Waals surface area contributed by atoms with Crippen molar-refractivity contribution in [3.8, 4) is 11.1 Å². The van der Waals surface area contributed by atoms with Crippen molar-refractivity contribution in [2.45, 2.75) is 20.8 Å². The zero-order valence-corrected chi connectivity index (χ0v) is 22.5. The molecule has 0 radical (unpaired) electrons. The van der Waals surface area contributed by atoms with Gasteiger partial charge >= 0.3 is 6.03 Å². The second-order valence-electron chi connectivity index (χ2n) is 9.34. The summed E-state index contributed by atoms with van der Waals surface area (Å²) in [6, 6.07) is 11.4. The van der Waals surface area contributed by atoms with Crippen LogP contribution in [-0.4, -0.2) is 75.5 Å². The van der Waals surface area contributed by atoms with Crippen molar-refractivity contribution < 1.29 is 14.3 Å². The number of ether oxygens (including phenoxy) is 1. The summed E-state index contributed by atoms with van der Waals surface area (Å²) in [4.78, 5) is 38.0. The van der Waals surface area contributed by atoms with E-state index in [0.717, 1.165) is 33.7 Å². The fraction of sp³-hybridized carbons (Fsp3) is 0.310. The van der Waals surface area contributed by atoms with E-state index >= 15 is 0 Å². The molecule has 0 atom stereocenters. The summed E-state index contributed by atoms with van der Waals surface area (Å²) in [5.41, 5.74) is 5.75. The van der Waals surface area contributed by atoms with Crippen LogP contribution < -0.4 is 10.6 Å². The van der Waals surface area contributed by atoms with Gasteiger partial charge in [0.15, 0.2) is 5.65 Å². The number of benzene rings is 1. The number of carbonyl (C=O) groups excluding carboxylic acids is 2.